The standard InChI is InChI=1S/C17H27N7OS/c1-5-14-8-6-7-9-22(14)15(25)13(4)26-17-20-19-16(23(17)18)24-12(3)10-11(2)21-24/h10,13-14H,5-9,18H2,1-4H3. The van der Waals surface area contributed by atoms with Crippen LogP contribution in [0.1, 0.15) is 50.9 Å². The molecule has 0 spiro atoms. The van der Waals surface area contributed by atoms with E-state index in [2.05, 4.69) is 22.2 Å². The lowest BCUT2D eigenvalue weighted by Gasteiger charge is -2.36. The summed E-state index contributed by atoms with van der Waals surface area (Å²) in [6.07, 6.45) is 4.37. The molecule has 0 aromatic carbocycles. The molecule has 142 valence electrons. The third-order valence-corrected chi connectivity index (χ3v) is 5.90. The van der Waals surface area contributed by atoms with E-state index in [1.165, 1.54) is 22.9 Å². The van der Waals surface area contributed by atoms with E-state index in [4.69, 9.17) is 5.84 Å². The molecule has 3 heterocycles. The first-order valence-electron chi connectivity index (χ1n) is 9.13. The summed E-state index contributed by atoms with van der Waals surface area (Å²) >= 11 is 1.34. The topological polar surface area (TPSA) is 94.9 Å². The Hall–Kier alpha value is -2.03. The molecule has 0 radical (unpaired) electrons. The summed E-state index contributed by atoms with van der Waals surface area (Å²) in [4.78, 5) is 14.9. The third kappa shape index (κ3) is 3.58. The predicted octanol–water partition coefficient (Wildman–Crippen LogP) is 2.07. The van der Waals surface area contributed by atoms with E-state index >= 15 is 0 Å². The minimum absolute atomic E-state index is 0.150. The first kappa shape index (κ1) is 18.8. The fourth-order valence-electron chi connectivity index (χ4n) is 3.48. The van der Waals surface area contributed by atoms with E-state index in [9.17, 15) is 4.79 Å². The van der Waals surface area contributed by atoms with Crippen LogP contribution >= 0.6 is 11.8 Å². The highest BCUT2D eigenvalue weighted by Crippen LogP contribution is 2.27. The molecule has 1 fully saturated rings. The second-order valence-corrected chi connectivity index (χ2v) is 8.15. The minimum Gasteiger partial charge on any atom is -0.339 e. The number of likely N-dealkylation sites (tertiary alicyclic amines) is 1. The van der Waals surface area contributed by atoms with E-state index in [0.717, 1.165) is 37.2 Å². The summed E-state index contributed by atoms with van der Waals surface area (Å²) in [5.41, 5.74) is 1.82. The van der Waals surface area contributed by atoms with Gasteiger partial charge in [-0.1, -0.05) is 18.7 Å². The summed E-state index contributed by atoms with van der Waals surface area (Å²) in [7, 11) is 0. The molecule has 8 nitrogen and oxygen atoms in total. The Bertz CT molecular complexity index is 784. The number of nitrogen functional groups attached to an aromatic ring is 1. The zero-order chi connectivity index (χ0) is 18.8. The van der Waals surface area contributed by atoms with Gasteiger partial charge in [0.2, 0.25) is 11.1 Å². The number of carbonyl (C=O) groups excluding carboxylic acids is 1. The highest BCUT2D eigenvalue weighted by atomic mass is 32.2. The Labute approximate surface area is 158 Å². The Morgan fingerprint density at radius 3 is 2.81 bits per heavy atom. The van der Waals surface area contributed by atoms with E-state index in [1.54, 1.807) is 4.68 Å². The maximum Gasteiger partial charge on any atom is 0.271 e. The number of thioether (sulfide) groups is 1. The molecule has 2 aromatic rings. The molecule has 2 aromatic heterocycles. The van der Waals surface area contributed by atoms with Crippen LogP contribution in [0.4, 0.5) is 0 Å². The normalized spacial score (nSPS) is 18.9. The number of amides is 1. The van der Waals surface area contributed by atoms with Gasteiger partial charge in [0.1, 0.15) is 0 Å². The molecule has 1 aliphatic rings. The van der Waals surface area contributed by atoms with Crippen LogP contribution in [-0.2, 0) is 4.79 Å². The van der Waals surface area contributed by atoms with Gasteiger partial charge in [-0.2, -0.15) is 5.10 Å². The number of rotatable bonds is 5. The number of carbonyl (C=O) groups is 1. The zero-order valence-electron chi connectivity index (χ0n) is 15.8. The Morgan fingerprint density at radius 2 is 2.15 bits per heavy atom. The lowest BCUT2D eigenvalue weighted by molar-refractivity contribution is -0.134. The second-order valence-electron chi connectivity index (χ2n) is 6.84. The van der Waals surface area contributed by atoms with Crippen LogP contribution in [0.5, 0.6) is 0 Å². The Morgan fingerprint density at radius 1 is 1.38 bits per heavy atom. The van der Waals surface area contributed by atoms with Crippen LogP contribution < -0.4 is 5.84 Å². The molecule has 0 saturated carbocycles. The predicted molar refractivity (Wildman–Crippen MR) is 102 cm³/mol. The molecule has 1 aliphatic heterocycles. The first-order valence-corrected chi connectivity index (χ1v) is 10.0. The molecule has 26 heavy (non-hydrogen) atoms. The molecular weight excluding hydrogens is 350 g/mol. The maximum absolute atomic E-state index is 12.9. The molecule has 2 unspecified atom stereocenters. The quantitative estimate of drug-likeness (QED) is 0.633. The van der Waals surface area contributed by atoms with Gasteiger partial charge in [0, 0.05) is 18.3 Å². The van der Waals surface area contributed by atoms with Gasteiger partial charge >= 0.3 is 0 Å². The summed E-state index contributed by atoms with van der Waals surface area (Å²) in [5, 5.41) is 13.0. The van der Waals surface area contributed by atoms with Crippen LogP contribution in [-0.4, -0.2) is 53.3 Å². The zero-order valence-corrected chi connectivity index (χ0v) is 16.7. The fraction of sp³-hybridized carbons (Fsp3) is 0.647. The van der Waals surface area contributed by atoms with Crippen molar-refractivity contribution >= 4 is 17.7 Å². The van der Waals surface area contributed by atoms with Gasteiger partial charge in [-0.3, -0.25) is 4.79 Å². The molecule has 2 N–H and O–H groups in total. The van der Waals surface area contributed by atoms with Crippen LogP contribution in [0.2, 0.25) is 0 Å². The van der Waals surface area contributed by atoms with E-state index < -0.39 is 0 Å². The Kier molecular flexibility index (Phi) is 5.55. The highest BCUT2D eigenvalue weighted by Gasteiger charge is 2.30. The van der Waals surface area contributed by atoms with Crippen molar-refractivity contribution in [1.82, 2.24) is 29.6 Å². The van der Waals surface area contributed by atoms with Gasteiger partial charge in [0.05, 0.1) is 10.9 Å². The molecule has 0 aliphatic carbocycles. The van der Waals surface area contributed by atoms with Gasteiger partial charge in [-0.15, -0.1) is 10.2 Å². The smallest absolute Gasteiger partial charge is 0.271 e. The molecule has 1 amide bonds. The highest BCUT2D eigenvalue weighted by molar-refractivity contribution is 8.00. The van der Waals surface area contributed by atoms with Gasteiger partial charge in [0.15, 0.2) is 0 Å². The van der Waals surface area contributed by atoms with Crippen molar-refractivity contribution in [3.05, 3.63) is 17.5 Å². The van der Waals surface area contributed by atoms with Crippen molar-refractivity contribution in [3.8, 4) is 5.95 Å². The second kappa shape index (κ2) is 7.69. The van der Waals surface area contributed by atoms with Gasteiger partial charge < -0.3 is 10.7 Å². The largest absolute Gasteiger partial charge is 0.339 e. The Balaban J connectivity index is 1.74. The van der Waals surface area contributed by atoms with E-state index in [1.807, 2.05) is 31.7 Å². The van der Waals surface area contributed by atoms with Crippen molar-refractivity contribution in [2.24, 2.45) is 0 Å². The minimum atomic E-state index is -0.262. The van der Waals surface area contributed by atoms with Crippen molar-refractivity contribution < 1.29 is 4.79 Å². The number of hydrogen-bond donors (Lipinski definition) is 1. The number of aryl methyl sites for hydroxylation is 2. The van der Waals surface area contributed by atoms with E-state index in [-0.39, 0.29) is 11.2 Å². The summed E-state index contributed by atoms with van der Waals surface area (Å²) in [6, 6.07) is 2.30. The number of hydrogen-bond acceptors (Lipinski definition) is 6. The maximum atomic E-state index is 12.9. The fourth-order valence-corrected chi connectivity index (χ4v) is 4.32. The van der Waals surface area contributed by atoms with Crippen molar-refractivity contribution in [2.75, 3.05) is 12.4 Å². The molecule has 0 bridgehead atoms. The third-order valence-electron chi connectivity index (χ3n) is 4.86. The van der Waals surface area contributed by atoms with Crippen LogP contribution in [0.3, 0.4) is 0 Å². The number of nitrogens with two attached hydrogens (primary N) is 1. The average Bonchev–Trinajstić information content (AvgIpc) is 3.15. The first-order chi connectivity index (χ1) is 12.4. The number of piperidine rings is 1. The van der Waals surface area contributed by atoms with Crippen LogP contribution in [0, 0.1) is 13.8 Å². The van der Waals surface area contributed by atoms with Crippen molar-refractivity contribution in [3.63, 3.8) is 0 Å². The number of aromatic nitrogens is 5. The average molecular weight is 378 g/mol. The molecular formula is C17H27N7OS. The monoisotopic (exact) mass is 377 g/mol. The van der Waals surface area contributed by atoms with E-state index in [0.29, 0.717) is 17.1 Å². The lowest BCUT2D eigenvalue weighted by Crippen LogP contribution is -2.46. The van der Waals surface area contributed by atoms with Gasteiger partial charge in [-0.25, -0.2) is 9.36 Å². The molecule has 1 saturated heterocycles. The summed E-state index contributed by atoms with van der Waals surface area (Å²) in [6.45, 7) is 8.75. The molecule has 9 heteroatoms. The molecule has 3 rings (SSSR count). The van der Waals surface area contributed by atoms with Crippen LogP contribution in [0.25, 0.3) is 5.95 Å². The molecule has 2 atom stereocenters. The van der Waals surface area contributed by atoms with Gasteiger partial charge in [0.25, 0.3) is 5.95 Å². The number of nitrogens with zero attached hydrogens (tertiary/aromatic N) is 6. The van der Waals surface area contributed by atoms with Crippen LogP contribution in [0.15, 0.2) is 11.2 Å². The lowest BCUT2D eigenvalue weighted by atomic mass is 10.00. The SMILES string of the molecule is CCC1CCCCN1C(=O)C(C)Sc1nnc(-n2nc(C)cc2C)n1N. The summed E-state index contributed by atoms with van der Waals surface area (Å²) < 4.78 is 3.07. The van der Waals surface area contributed by atoms with Gasteiger partial charge in [-0.05, 0) is 52.5 Å². The van der Waals surface area contributed by atoms with Crippen molar-refractivity contribution in [2.45, 2.75) is 69.8 Å². The summed E-state index contributed by atoms with van der Waals surface area (Å²) in [5.74, 6) is 6.78. The van der Waals surface area contributed by atoms with Crippen molar-refractivity contribution in [1.29, 1.82) is 0 Å².